The van der Waals surface area contributed by atoms with Gasteiger partial charge >= 0.3 is 0 Å². The van der Waals surface area contributed by atoms with Crippen LogP contribution in [0.2, 0.25) is 0 Å². The van der Waals surface area contributed by atoms with E-state index in [-0.39, 0.29) is 0 Å². The standard InChI is InChI=1S/C13H16/c1-4-5-8-11(2)13-10-7-6-9-12(13)3/h4-10H,1-3H3. The maximum absolute atomic E-state index is 2.16. The molecule has 0 spiro atoms. The van der Waals surface area contributed by atoms with Crippen LogP contribution in [0.3, 0.4) is 0 Å². The van der Waals surface area contributed by atoms with E-state index in [1.54, 1.807) is 0 Å². The van der Waals surface area contributed by atoms with Crippen molar-refractivity contribution in [3.63, 3.8) is 0 Å². The average molecular weight is 172 g/mol. The van der Waals surface area contributed by atoms with Crippen molar-refractivity contribution in [2.75, 3.05) is 0 Å². The minimum Gasteiger partial charge on any atom is -0.0877 e. The Morgan fingerprint density at radius 3 is 2.54 bits per heavy atom. The molecule has 0 heterocycles. The molecule has 68 valence electrons. The largest absolute Gasteiger partial charge is 0.0877 e. The van der Waals surface area contributed by atoms with Crippen molar-refractivity contribution in [3.05, 3.63) is 53.6 Å². The highest BCUT2D eigenvalue weighted by Gasteiger charge is 1.96. The summed E-state index contributed by atoms with van der Waals surface area (Å²) in [7, 11) is 0. The van der Waals surface area contributed by atoms with Crippen LogP contribution in [0.15, 0.2) is 42.5 Å². The maximum Gasteiger partial charge on any atom is -0.0198 e. The molecule has 0 aliphatic rings. The third kappa shape index (κ3) is 2.59. The summed E-state index contributed by atoms with van der Waals surface area (Å²) >= 11 is 0. The van der Waals surface area contributed by atoms with E-state index in [0.29, 0.717) is 0 Å². The molecule has 0 aliphatic heterocycles. The van der Waals surface area contributed by atoms with Crippen LogP contribution in [0.25, 0.3) is 5.57 Å². The first-order valence-electron chi connectivity index (χ1n) is 4.61. The topological polar surface area (TPSA) is 0 Å². The van der Waals surface area contributed by atoms with E-state index in [9.17, 15) is 0 Å². The summed E-state index contributed by atoms with van der Waals surface area (Å²) in [6, 6.07) is 8.45. The lowest BCUT2D eigenvalue weighted by atomic mass is 10.0. The number of allylic oxidation sites excluding steroid dienone is 4. The summed E-state index contributed by atoms with van der Waals surface area (Å²) in [5.74, 6) is 0. The molecule has 0 bridgehead atoms. The molecular formula is C13H16. The summed E-state index contributed by atoms with van der Waals surface area (Å²) in [5, 5.41) is 0. The Morgan fingerprint density at radius 2 is 1.92 bits per heavy atom. The fraction of sp³-hybridized carbons (Fsp3) is 0.231. The summed E-state index contributed by atoms with van der Waals surface area (Å²) in [4.78, 5) is 0. The number of rotatable bonds is 2. The Hall–Kier alpha value is -1.30. The first kappa shape index (κ1) is 9.79. The number of hydrogen-bond acceptors (Lipinski definition) is 0. The van der Waals surface area contributed by atoms with E-state index in [0.717, 1.165) is 0 Å². The van der Waals surface area contributed by atoms with Gasteiger partial charge in [0.15, 0.2) is 0 Å². The predicted octanol–water partition coefficient (Wildman–Crippen LogP) is 3.97. The van der Waals surface area contributed by atoms with Gasteiger partial charge in [0.05, 0.1) is 0 Å². The van der Waals surface area contributed by atoms with Crippen LogP contribution in [-0.2, 0) is 0 Å². The van der Waals surface area contributed by atoms with Gasteiger partial charge in [0, 0.05) is 0 Å². The maximum atomic E-state index is 2.16. The molecular weight excluding hydrogens is 156 g/mol. The molecule has 13 heavy (non-hydrogen) atoms. The lowest BCUT2D eigenvalue weighted by molar-refractivity contribution is 1.41. The fourth-order valence-corrected chi connectivity index (χ4v) is 1.35. The minimum atomic E-state index is 1.32. The van der Waals surface area contributed by atoms with Gasteiger partial charge in [0.1, 0.15) is 0 Å². The SMILES string of the molecule is CC=CC=C(C)c1ccccc1C. The molecule has 0 saturated carbocycles. The van der Waals surface area contributed by atoms with Crippen molar-refractivity contribution in [2.24, 2.45) is 0 Å². The van der Waals surface area contributed by atoms with Crippen LogP contribution in [-0.4, -0.2) is 0 Å². The van der Waals surface area contributed by atoms with Crippen LogP contribution in [0.4, 0.5) is 0 Å². The van der Waals surface area contributed by atoms with Crippen molar-refractivity contribution in [3.8, 4) is 0 Å². The summed E-state index contributed by atoms with van der Waals surface area (Å²) in [6.07, 6.45) is 6.26. The van der Waals surface area contributed by atoms with E-state index < -0.39 is 0 Å². The van der Waals surface area contributed by atoms with Crippen molar-refractivity contribution in [2.45, 2.75) is 20.8 Å². The van der Waals surface area contributed by atoms with Crippen LogP contribution in [0, 0.1) is 6.92 Å². The Labute approximate surface area is 80.6 Å². The third-order valence-electron chi connectivity index (χ3n) is 2.11. The second-order valence-electron chi connectivity index (χ2n) is 3.19. The van der Waals surface area contributed by atoms with Gasteiger partial charge in [0.25, 0.3) is 0 Å². The van der Waals surface area contributed by atoms with Gasteiger partial charge in [-0.1, -0.05) is 42.5 Å². The Kier molecular flexibility index (Phi) is 3.51. The second-order valence-corrected chi connectivity index (χ2v) is 3.19. The van der Waals surface area contributed by atoms with Crippen LogP contribution in [0.1, 0.15) is 25.0 Å². The highest BCUT2D eigenvalue weighted by Crippen LogP contribution is 2.17. The van der Waals surface area contributed by atoms with Gasteiger partial charge < -0.3 is 0 Å². The second kappa shape index (κ2) is 4.66. The molecule has 0 amide bonds. The van der Waals surface area contributed by atoms with Gasteiger partial charge in [-0.15, -0.1) is 0 Å². The van der Waals surface area contributed by atoms with E-state index >= 15 is 0 Å². The molecule has 0 N–H and O–H groups in total. The van der Waals surface area contributed by atoms with Gasteiger partial charge in [-0.05, 0) is 37.5 Å². The van der Waals surface area contributed by atoms with Gasteiger partial charge in [-0.25, -0.2) is 0 Å². The van der Waals surface area contributed by atoms with Gasteiger partial charge in [-0.3, -0.25) is 0 Å². The van der Waals surface area contributed by atoms with Crippen molar-refractivity contribution in [1.29, 1.82) is 0 Å². The number of aryl methyl sites for hydroxylation is 1. The highest BCUT2D eigenvalue weighted by molar-refractivity contribution is 5.67. The van der Waals surface area contributed by atoms with Crippen molar-refractivity contribution >= 4 is 5.57 Å². The highest BCUT2D eigenvalue weighted by atomic mass is 14.0. The molecule has 0 aliphatic carbocycles. The number of hydrogen-bond donors (Lipinski definition) is 0. The molecule has 0 unspecified atom stereocenters. The van der Waals surface area contributed by atoms with Crippen LogP contribution >= 0.6 is 0 Å². The zero-order valence-corrected chi connectivity index (χ0v) is 8.54. The van der Waals surface area contributed by atoms with E-state index in [1.807, 2.05) is 13.0 Å². The van der Waals surface area contributed by atoms with Crippen molar-refractivity contribution < 1.29 is 0 Å². The zero-order valence-electron chi connectivity index (χ0n) is 8.54. The number of benzene rings is 1. The minimum absolute atomic E-state index is 1.32. The molecule has 1 aromatic rings. The monoisotopic (exact) mass is 172 g/mol. The molecule has 1 aromatic carbocycles. The molecule has 0 fully saturated rings. The normalized spacial score (nSPS) is 12.4. The average Bonchev–Trinajstić information content (AvgIpc) is 2.15. The smallest absolute Gasteiger partial charge is 0.0198 e. The summed E-state index contributed by atoms with van der Waals surface area (Å²) in [6.45, 7) is 6.31. The van der Waals surface area contributed by atoms with Gasteiger partial charge in [-0.2, -0.15) is 0 Å². The molecule has 0 aromatic heterocycles. The van der Waals surface area contributed by atoms with Crippen LogP contribution < -0.4 is 0 Å². The molecule has 1 rings (SSSR count). The summed E-state index contributed by atoms with van der Waals surface area (Å²) in [5.41, 5.74) is 3.98. The molecule has 0 radical (unpaired) electrons. The third-order valence-corrected chi connectivity index (χ3v) is 2.11. The lowest BCUT2D eigenvalue weighted by Crippen LogP contribution is -1.83. The Bertz CT molecular complexity index is 330. The Balaban J connectivity index is 3.01. The van der Waals surface area contributed by atoms with Crippen molar-refractivity contribution in [1.82, 2.24) is 0 Å². The molecule has 0 atom stereocenters. The zero-order chi connectivity index (χ0) is 9.68. The van der Waals surface area contributed by atoms with E-state index in [4.69, 9.17) is 0 Å². The first-order valence-corrected chi connectivity index (χ1v) is 4.61. The van der Waals surface area contributed by atoms with Gasteiger partial charge in [0.2, 0.25) is 0 Å². The van der Waals surface area contributed by atoms with Crippen LogP contribution in [0.5, 0.6) is 0 Å². The fourth-order valence-electron chi connectivity index (χ4n) is 1.35. The molecule has 0 nitrogen and oxygen atoms in total. The summed E-state index contributed by atoms with van der Waals surface area (Å²) < 4.78 is 0. The lowest BCUT2D eigenvalue weighted by Gasteiger charge is -2.04. The molecule has 0 saturated heterocycles. The van der Waals surface area contributed by atoms with E-state index in [1.165, 1.54) is 16.7 Å². The van der Waals surface area contributed by atoms with E-state index in [2.05, 4.69) is 50.3 Å². The quantitative estimate of drug-likeness (QED) is 0.592. The predicted molar refractivity (Wildman–Crippen MR) is 59.6 cm³/mol. The first-order chi connectivity index (χ1) is 6.25. The Morgan fingerprint density at radius 1 is 1.23 bits per heavy atom. The molecule has 0 heteroatoms.